The first kappa shape index (κ1) is 19.3. The molecule has 27 heavy (non-hydrogen) atoms. The Morgan fingerprint density at radius 3 is 2.59 bits per heavy atom. The van der Waals surface area contributed by atoms with Crippen LogP contribution in [0.1, 0.15) is 16.9 Å². The molecule has 1 aliphatic heterocycles. The summed E-state index contributed by atoms with van der Waals surface area (Å²) in [5.41, 5.74) is 2.46. The predicted molar refractivity (Wildman–Crippen MR) is 105 cm³/mol. The quantitative estimate of drug-likeness (QED) is 0.731. The second-order valence-electron chi connectivity index (χ2n) is 7.01. The Hall–Kier alpha value is -2.45. The van der Waals surface area contributed by atoms with E-state index in [9.17, 15) is 4.79 Å². The second-order valence-corrected chi connectivity index (χ2v) is 7.01. The minimum absolute atomic E-state index is 0.0617. The molecule has 146 valence electrons. The third kappa shape index (κ3) is 5.05. The molecule has 8 heteroatoms. The van der Waals surface area contributed by atoms with E-state index < -0.39 is 0 Å². The fraction of sp³-hybridized carbons (Fsp3) is 0.526. The highest BCUT2D eigenvalue weighted by atomic mass is 16.5. The van der Waals surface area contributed by atoms with Crippen molar-refractivity contribution in [2.24, 2.45) is 7.05 Å². The Morgan fingerprint density at radius 2 is 1.93 bits per heavy atom. The van der Waals surface area contributed by atoms with Crippen LogP contribution in [0.25, 0.3) is 11.1 Å². The van der Waals surface area contributed by atoms with Crippen LogP contribution in [0.15, 0.2) is 24.7 Å². The minimum Gasteiger partial charge on any atom is -0.378 e. The van der Waals surface area contributed by atoms with Crippen molar-refractivity contribution in [3.05, 3.63) is 30.4 Å². The summed E-state index contributed by atoms with van der Waals surface area (Å²) in [5.74, 6) is 0.658. The molecule has 0 aromatic carbocycles. The van der Waals surface area contributed by atoms with Gasteiger partial charge in [-0.2, -0.15) is 0 Å². The van der Waals surface area contributed by atoms with Gasteiger partial charge in [0.1, 0.15) is 5.69 Å². The number of hydrogen-bond acceptors (Lipinski definition) is 6. The zero-order valence-corrected chi connectivity index (χ0v) is 16.3. The fourth-order valence-electron chi connectivity index (χ4n) is 3.03. The number of hydrogen-bond donors (Lipinski definition) is 1. The fourth-order valence-corrected chi connectivity index (χ4v) is 3.03. The van der Waals surface area contributed by atoms with Crippen molar-refractivity contribution in [3.8, 4) is 11.1 Å². The van der Waals surface area contributed by atoms with E-state index in [0.29, 0.717) is 25.5 Å². The van der Waals surface area contributed by atoms with Gasteiger partial charge in [0.2, 0.25) is 5.95 Å². The number of aromatic nitrogens is 3. The lowest BCUT2D eigenvalue weighted by atomic mass is 10.2. The molecule has 0 unspecified atom stereocenters. The summed E-state index contributed by atoms with van der Waals surface area (Å²) in [7, 11) is 5.93. The van der Waals surface area contributed by atoms with E-state index >= 15 is 0 Å². The molecule has 1 saturated heterocycles. The Morgan fingerprint density at radius 1 is 1.22 bits per heavy atom. The summed E-state index contributed by atoms with van der Waals surface area (Å²) in [4.78, 5) is 25.6. The number of amides is 1. The van der Waals surface area contributed by atoms with Crippen LogP contribution in [-0.2, 0) is 11.8 Å². The summed E-state index contributed by atoms with van der Waals surface area (Å²) < 4.78 is 7.20. The monoisotopic (exact) mass is 372 g/mol. The molecule has 3 rings (SSSR count). The van der Waals surface area contributed by atoms with Gasteiger partial charge < -0.3 is 24.4 Å². The van der Waals surface area contributed by atoms with Gasteiger partial charge in [0.15, 0.2) is 0 Å². The maximum Gasteiger partial charge on any atom is 0.267 e. The lowest BCUT2D eigenvalue weighted by Gasteiger charge is -2.26. The molecule has 3 heterocycles. The normalized spacial score (nSPS) is 14.6. The maximum atomic E-state index is 12.4. The van der Waals surface area contributed by atoms with Crippen molar-refractivity contribution in [2.75, 3.05) is 58.4 Å². The molecular formula is C19H28N6O2. The van der Waals surface area contributed by atoms with Crippen LogP contribution in [0.2, 0.25) is 0 Å². The van der Waals surface area contributed by atoms with Gasteiger partial charge in [-0.1, -0.05) is 0 Å². The van der Waals surface area contributed by atoms with E-state index in [2.05, 4.69) is 25.1 Å². The highest BCUT2D eigenvalue weighted by Gasteiger charge is 2.15. The highest BCUT2D eigenvalue weighted by Crippen LogP contribution is 2.22. The Kier molecular flexibility index (Phi) is 6.41. The van der Waals surface area contributed by atoms with Crippen molar-refractivity contribution in [3.63, 3.8) is 0 Å². The summed E-state index contributed by atoms with van der Waals surface area (Å²) in [6.45, 7) is 4.64. The van der Waals surface area contributed by atoms with Crippen molar-refractivity contribution in [1.82, 2.24) is 24.8 Å². The average molecular weight is 372 g/mol. The molecule has 0 bridgehead atoms. The Balaban J connectivity index is 1.64. The number of anilines is 1. The molecular weight excluding hydrogens is 344 g/mol. The molecule has 1 amide bonds. The maximum absolute atomic E-state index is 12.4. The standard InChI is InChI=1S/C19H28N6O2/c1-23(2)6-4-5-20-18(26)17-11-15(14-24(17)3)16-12-21-19(22-13-16)25-7-9-27-10-8-25/h11-14H,4-10H2,1-3H3,(H,20,26). The van der Waals surface area contributed by atoms with Crippen LogP contribution in [-0.4, -0.2) is 78.8 Å². The molecule has 2 aromatic heterocycles. The number of aryl methyl sites for hydroxylation is 1. The van der Waals surface area contributed by atoms with Crippen molar-refractivity contribution < 1.29 is 9.53 Å². The first-order chi connectivity index (χ1) is 13.0. The minimum atomic E-state index is -0.0617. The van der Waals surface area contributed by atoms with Gasteiger partial charge in [-0.05, 0) is 33.1 Å². The van der Waals surface area contributed by atoms with Gasteiger partial charge in [-0.25, -0.2) is 9.97 Å². The van der Waals surface area contributed by atoms with E-state index in [1.54, 1.807) is 0 Å². The van der Waals surface area contributed by atoms with E-state index in [1.165, 1.54) is 0 Å². The van der Waals surface area contributed by atoms with Gasteiger partial charge in [0.05, 0.1) is 13.2 Å². The van der Waals surface area contributed by atoms with E-state index in [0.717, 1.165) is 43.1 Å². The number of carbonyl (C=O) groups excluding carboxylic acids is 1. The second kappa shape index (κ2) is 8.96. The third-order valence-electron chi connectivity index (χ3n) is 4.57. The number of nitrogens with zero attached hydrogens (tertiary/aromatic N) is 5. The molecule has 0 spiro atoms. The van der Waals surface area contributed by atoms with Crippen LogP contribution in [0, 0.1) is 0 Å². The van der Waals surface area contributed by atoms with Crippen LogP contribution in [0.3, 0.4) is 0 Å². The Bertz CT molecular complexity index is 750. The highest BCUT2D eigenvalue weighted by molar-refractivity contribution is 5.94. The lowest BCUT2D eigenvalue weighted by molar-refractivity contribution is 0.0944. The van der Waals surface area contributed by atoms with E-state index in [4.69, 9.17) is 4.74 Å². The van der Waals surface area contributed by atoms with Gasteiger partial charge in [0, 0.05) is 56.4 Å². The number of morpholine rings is 1. The molecule has 0 saturated carbocycles. The zero-order valence-electron chi connectivity index (χ0n) is 16.3. The van der Waals surface area contributed by atoms with Crippen LogP contribution >= 0.6 is 0 Å². The van der Waals surface area contributed by atoms with Gasteiger partial charge in [0.25, 0.3) is 5.91 Å². The third-order valence-corrected chi connectivity index (χ3v) is 4.57. The lowest BCUT2D eigenvalue weighted by Crippen LogP contribution is -2.37. The molecule has 2 aromatic rings. The molecule has 1 aliphatic rings. The molecule has 0 radical (unpaired) electrons. The average Bonchev–Trinajstić information content (AvgIpc) is 3.07. The van der Waals surface area contributed by atoms with Crippen LogP contribution in [0.4, 0.5) is 5.95 Å². The van der Waals surface area contributed by atoms with Crippen LogP contribution in [0.5, 0.6) is 0 Å². The number of rotatable bonds is 7. The summed E-state index contributed by atoms with van der Waals surface area (Å²) in [6.07, 6.45) is 6.48. The van der Waals surface area contributed by atoms with Gasteiger partial charge in [-0.15, -0.1) is 0 Å². The smallest absolute Gasteiger partial charge is 0.267 e. The first-order valence-electron chi connectivity index (χ1n) is 9.29. The largest absolute Gasteiger partial charge is 0.378 e. The molecule has 8 nitrogen and oxygen atoms in total. The molecule has 0 atom stereocenters. The molecule has 1 fully saturated rings. The van der Waals surface area contributed by atoms with Crippen molar-refractivity contribution in [1.29, 1.82) is 0 Å². The summed E-state index contributed by atoms with van der Waals surface area (Å²) >= 11 is 0. The molecule has 0 aliphatic carbocycles. The van der Waals surface area contributed by atoms with Gasteiger partial charge in [-0.3, -0.25) is 4.79 Å². The van der Waals surface area contributed by atoms with E-state index in [-0.39, 0.29) is 5.91 Å². The van der Waals surface area contributed by atoms with Crippen molar-refractivity contribution >= 4 is 11.9 Å². The molecule has 1 N–H and O–H groups in total. The number of carbonyl (C=O) groups is 1. The van der Waals surface area contributed by atoms with E-state index in [1.807, 2.05) is 50.4 Å². The zero-order chi connectivity index (χ0) is 19.2. The number of nitrogens with one attached hydrogen (secondary N) is 1. The van der Waals surface area contributed by atoms with Crippen molar-refractivity contribution in [2.45, 2.75) is 6.42 Å². The summed E-state index contributed by atoms with van der Waals surface area (Å²) in [5, 5.41) is 2.98. The Labute approximate surface area is 160 Å². The predicted octanol–water partition coefficient (Wildman–Crippen LogP) is 1.00. The SMILES string of the molecule is CN(C)CCCNC(=O)c1cc(-c2cnc(N3CCOCC3)nc2)cn1C. The topological polar surface area (TPSA) is 75.5 Å². The number of ether oxygens (including phenoxy) is 1. The van der Waals surface area contributed by atoms with Crippen LogP contribution < -0.4 is 10.2 Å². The first-order valence-corrected chi connectivity index (χ1v) is 9.29. The summed E-state index contributed by atoms with van der Waals surface area (Å²) in [6, 6.07) is 1.88. The van der Waals surface area contributed by atoms with Gasteiger partial charge >= 0.3 is 0 Å².